The van der Waals surface area contributed by atoms with Crippen LogP contribution >= 0.6 is 11.3 Å². The van der Waals surface area contributed by atoms with Gasteiger partial charge in [0.2, 0.25) is 10.0 Å². The lowest BCUT2D eigenvalue weighted by Crippen LogP contribution is -2.46. The van der Waals surface area contributed by atoms with Crippen LogP contribution in [0.3, 0.4) is 0 Å². The van der Waals surface area contributed by atoms with Gasteiger partial charge in [-0.15, -0.1) is 11.3 Å². The first kappa shape index (κ1) is 15.4. The summed E-state index contributed by atoms with van der Waals surface area (Å²) in [7, 11) is -2.59. The van der Waals surface area contributed by atoms with Gasteiger partial charge in [-0.1, -0.05) is 0 Å². The second kappa shape index (κ2) is 6.19. The van der Waals surface area contributed by atoms with E-state index in [0.29, 0.717) is 0 Å². The second-order valence-electron chi connectivity index (χ2n) is 4.14. The third-order valence-corrected chi connectivity index (χ3v) is 5.85. The van der Waals surface area contributed by atoms with Crippen LogP contribution in [0.25, 0.3) is 0 Å². The minimum Gasteiger partial charge on any atom is -0.465 e. The Labute approximate surface area is 120 Å². The molecular weight excluding hydrogens is 306 g/mol. The number of morpholine rings is 1. The molecule has 1 aromatic heterocycles. The molecule has 1 saturated heterocycles. The fraction of sp³-hybridized carbons (Fsp3) is 0.545. The Morgan fingerprint density at radius 3 is 3.05 bits per heavy atom. The Balaban J connectivity index is 2.31. The lowest BCUT2D eigenvalue weighted by atomic mass is 10.3. The third-order valence-electron chi connectivity index (χ3n) is 2.92. The first-order chi connectivity index (χ1) is 9.50. The van der Waals surface area contributed by atoms with E-state index < -0.39 is 22.1 Å². The van der Waals surface area contributed by atoms with E-state index in [4.69, 9.17) is 9.84 Å². The molecule has 0 bridgehead atoms. The summed E-state index contributed by atoms with van der Waals surface area (Å²) in [6, 6.07) is 1.38. The standard InChI is InChI=1S/C11H15NO6S2/c1-17-11(14)10-9(2-5-19-10)20(15,16)12-3-4-18-8(6-12)7-13/h2,5,8,13H,3-4,6-7H2,1H3. The first-order valence-corrected chi connectivity index (χ1v) is 8.21. The lowest BCUT2D eigenvalue weighted by molar-refractivity contribution is -0.0304. The molecule has 1 aromatic rings. The number of carbonyl (C=O) groups is 1. The van der Waals surface area contributed by atoms with Crippen molar-refractivity contribution in [2.75, 3.05) is 33.4 Å². The van der Waals surface area contributed by atoms with Gasteiger partial charge in [0.05, 0.1) is 26.4 Å². The van der Waals surface area contributed by atoms with Gasteiger partial charge in [-0.25, -0.2) is 13.2 Å². The Hall–Kier alpha value is -1.00. The van der Waals surface area contributed by atoms with Crippen molar-refractivity contribution in [1.29, 1.82) is 0 Å². The molecule has 0 spiro atoms. The molecule has 20 heavy (non-hydrogen) atoms. The quantitative estimate of drug-likeness (QED) is 0.780. The van der Waals surface area contributed by atoms with Crippen molar-refractivity contribution in [3.05, 3.63) is 16.3 Å². The van der Waals surface area contributed by atoms with Crippen molar-refractivity contribution in [1.82, 2.24) is 4.31 Å². The predicted molar refractivity (Wildman–Crippen MR) is 71.2 cm³/mol. The molecule has 0 saturated carbocycles. The molecule has 112 valence electrons. The maximum absolute atomic E-state index is 12.5. The Morgan fingerprint density at radius 2 is 2.40 bits per heavy atom. The molecule has 1 atom stereocenters. The predicted octanol–water partition coefficient (Wildman–Crippen LogP) is -0.0835. The highest BCUT2D eigenvalue weighted by atomic mass is 32.2. The summed E-state index contributed by atoms with van der Waals surface area (Å²) < 4.78 is 36.1. The van der Waals surface area contributed by atoms with E-state index in [1.165, 1.54) is 22.9 Å². The van der Waals surface area contributed by atoms with Crippen LogP contribution in [-0.4, -0.2) is 63.3 Å². The minimum atomic E-state index is -3.80. The monoisotopic (exact) mass is 321 g/mol. The number of hydrogen-bond donors (Lipinski definition) is 1. The number of hydrogen-bond acceptors (Lipinski definition) is 7. The highest BCUT2D eigenvalue weighted by Crippen LogP contribution is 2.27. The van der Waals surface area contributed by atoms with E-state index in [2.05, 4.69) is 4.74 Å². The van der Waals surface area contributed by atoms with Gasteiger partial charge in [0.1, 0.15) is 9.77 Å². The molecule has 7 nitrogen and oxygen atoms in total. The smallest absolute Gasteiger partial charge is 0.349 e. The number of esters is 1. The molecule has 1 aliphatic heterocycles. The van der Waals surface area contributed by atoms with Gasteiger partial charge in [-0.05, 0) is 11.4 Å². The average Bonchev–Trinajstić information content (AvgIpc) is 2.96. The van der Waals surface area contributed by atoms with Crippen molar-refractivity contribution < 1.29 is 27.8 Å². The van der Waals surface area contributed by atoms with Gasteiger partial charge in [-0.2, -0.15) is 4.31 Å². The molecule has 0 aromatic carbocycles. The topological polar surface area (TPSA) is 93.1 Å². The van der Waals surface area contributed by atoms with Crippen molar-refractivity contribution >= 4 is 27.3 Å². The molecule has 0 amide bonds. The number of thiophene rings is 1. The molecule has 2 rings (SSSR count). The van der Waals surface area contributed by atoms with Gasteiger partial charge in [0.25, 0.3) is 0 Å². The summed E-state index contributed by atoms with van der Waals surface area (Å²) in [5.41, 5.74) is 0. The van der Waals surface area contributed by atoms with Crippen LogP contribution in [0.5, 0.6) is 0 Å². The molecule has 0 radical (unpaired) electrons. The van der Waals surface area contributed by atoms with E-state index in [1.807, 2.05) is 0 Å². The second-order valence-corrected chi connectivity index (χ2v) is 6.97. The van der Waals surface area contributed by atoms with Crippen molar-refractivity contribution in [2.45, 2.75) is 11.0 Å². The highest BCUT2D eigenvalue weighted by molar-refractivity contribution is 7.89. The van der Waals surface area contributed by atoms with Crippen LogP contribution in [0.1, 0.15) is 9.67 Å². The number of methoxy groups -OCH3 is 1. The zero-order valence-electron chi connectivity index (χ0n) is 10.8. The number of ether oxygens (including phenoxy) is 2. The largest absolute Gasteiger partial charge is 0.465 e. The zero-order valence-corrected chi connectivity index (χ0v) is 12.4. The number of carbonyl (C=O) groups excluding carboxylic acids is 1. The fourth-order valence-electron chi connectivity index (χ4n) is 1.90. The number of nitrogens with zero attached hydrogens (tertiary/aromatic N) is 1. The van der Waals surface area contributed by atoms with Crippen LogP contribution in [0.2, 0.25) is 0 Å². The summed E-state index contributed by atoms with van der Waals surface area (Å²) in [5.74, 6) is -0.675. The molecule has 9 heteroatoms. The average molecular weight is 321 g/mol. The number of rotatable bonds is 4. The number of aliphatic hydroxyl groups is 1. The van der Waals surface area contributed by atoms with Crippen LogP contribution in [0.4, 0.5) is 0 Å². The molecule has 1 fully saturated rings. The van der Waals surface area contributed by atoms with Gasteiger partial charge in [-0.3, -0.25) is 0 Å². The molecule has 1 N–H and O–H groups in total. The molecule has 1 aliphatic rings. The van der Waals surface area contributed by atoms with Crippen LogP contribution in [-0.2, 0) is 19.5 Å². The summed E-state index contributed by atoms with van der Waals surface area (Å²) in [4.78, 5) is 11.6. The SMILES string of the molecule is COC(=O)c1sccc1S(=O)(=O)N1CCOC(CO)C1. The fourth-order valence-corrected chi connectivity index (χ4v) is 4.67. The maximum Gasteiger partial charge on any atom is 0.349 e. The van der Waals surface area contributed by atoms with Crippen LogP contribution in [0, 0.1) is 0 Å². The summed E-state index contributed by atoms with van der Waals surface area (Å²) >= 11 is 1.02. The van der Waals surface area contributed by atoms with E-state index in [9.17, 15) is 13.2 Å². The van der Waals surface area contributed by atoms with E-state index in [1.54, 1.807) is 0 Å². The van der Waals surface area contributed by atoms with Gasteiger partial charge in [0.15, 0.2) is 0 Å². The Kier molecular flexibility index (Phi) is 4.76. The lowest BCUT2D eigenvalue weighted by Gasteiger charge is -2.31. The normalized spacial score (nSPS) is 20.8. The van der Waals surface area contributed by atoms with Gasteiger partial charge >= 0.3 is 5.97 Å². The molecule has 0 aliphatic carbocycles. The van der Waals surface area contributed by atoms with E-state index in [0.717, 1.165) is 11.3 Å². The van der Waals surface area contributed by atoms with Crippen molar-refractivity contribution in [2.24, 2.45) is 0 Å². The van der Waals surface area contributed by atoms with Gasteiger partial charge < -0.3 is 14.6 Å². The van der Waals surface area contributed by atoms with Crippen molar-refractivity contribution in [3.63, 3.8) is 0 Å². The Bertz CT molecular complexity index is 581. The molecule has 2 heterocycles. The Morgan fingerprint density at radius 1 is 1.65 bits per heavy atom. The van der Waals surface area contributed by atoms with Crippen molar-refractivity contribution in [3.8, 4) is 0 Å². The summed E-state index contributed by atoms with van der Waals surface area (Å²) in [6.45, 7) is 0.215. The van der Waals surface area contributed by atoms with E-state index in [-0.39, 0.29) is 36.1 Å². The zero-order chi connectivity index (χ0) is 14.8. The molecular formula is C11H15NO6S2. The summed E-state index contributed by atoms with van der Waals surface area (Å²) in [6.07, 6.45) is -0.543. The molecule has 1 unspecified atom stereocenters. The third kappa shape index (κ3) is 2.86. The highest BCUT2D eigenvalue weighted by Gasteiger charge is 2.34. The maximum atomic E-state index is 12.5. The van der Waals surface area contributed by atoms with E-state index >= 15 is 0 Å². The van der Waals surface area contributed by atoms with Gasteiger partial charge in [0, 0.05) is 13.1 Å². The number of aliphatic hydroxyl groups excluding tert-OH is 1. The first-order valence-electron chi connectivity index (χ1n) is 5.89. The summed E-state index contributed by atoms with van der Waals surface area (Å²) in [5, 5.41) is 10.6. The van der Waals surface area contributed by atoms with Crippen LogP contribution in [0.15, 0.2) is 16.3 Å². The number of sulfonamides is 1. The minimum absolute atomic E-state index is 0.0551. The van der Waals surface area contributed by atoms with Crippen LogP contribution < -0.4 is 0 Å².